The number of hydrogen-bond donors (Lipinski definition) is 1. The van der Waals surface area contributed by atoms with Crippen LogP contribution in [0.4, 0.5) is 17.1 Å². The number of carbonyl (C=O) groups is 2. The molecule has 0 amide bonds. The normalized spacial score (nSPS) is 13.4. The van der Waals surface area contributed by atoms with Gasteiger partial charge >= 0.3 is 0 Å². The number of rotatable bonds is 16. The van der Waals surface area contributed by atoms with Crippen LogP contribution in [-0.2, 0) is 9.59 Å². The van der Waals surface area contributed by atoms with Gasteiger partial charge in [0.15, 0.2) is 12.6 Å². The smallest absolute Gasteiger partial charge is 0.182 e. The Morgan fingerprint density at radius 1 is 0.308 bits per heavy atom. The van der Waals surface area contributed by atoms with E-state index < -0.39 is 0 Å². The fraction of sp³-hybridized carbons (Fsp3) is 0.205. The molecule has 0 aliphatic carbocycles. The zero-order valence-corrected chi connectivity index (χ0v) is 46.8. The Hall–Kier alpha value is -8.54. The molecule has 0 spiro atoms. The number of anilines is 1. The largest absolute Gasteiger partial charge is 0.398 e. The number of nitrogens with two attached hydrogens (primary N) is 1. The van der Waals surface area contributed by atoms with Gasteiger partial charge in [0, 0.05) is 53.6 Å². The standard InChI is InChI=1S/C48H48N2.C23H25N.C2H2O2/c1-33-29-43(35(3)39-19-11-7-12-20-39)47(44(30-33)36(4)40-21-13-8-14-22-40)49-27-28-50-48-45(37(5)41-23-15-9-16-24-41)31-34(2)32-46(48)38(6)42-25-17-10-18-26-42;1-16-14-21(17(2)19-10-6-4-7-11-19)23(24)22(15-16)18(3)20-12-8-5-9-13-20;3-1-2-4/h7-32,35-38H,1-6H3;4-15,17-18H,24H2,1-3H3;1-2H/t35-,36-,37-,38-;17-,18-;/m11./s1. The zero-order chi connectivity index (χ0) is 55.6. The lowest BCUT2D eigenvalue weighted by Gasteiger charge is -2.23. The fourth-order valence-electron chi connectivity index (χ4n) is 10.6. The third-order valence-electron chi connectivity index (χ3n) is 15.1. The SMILES string of the molecule is Cc1cc([C@H](C)c2ccccc2)c(N)c([C@H](C)c2ccccc2)c1.Cc1cc([C@H](C)c2ccccc2)c(N=CC=Nc2c([C@H](C)c3ccccc3)cc(C)cc2[C@H](C)c2ccccc2)c([C@H](C)c2ccccc2)c1.O=CC=O. The number of aldehydes is 2. The number of aryl methyl sites for hydroxylation is 3. The molecule has 9 aromatic rings. The van der Waals surface area contributed by atoms with Crippen molar-refractivity contribution in [1.29, 1.82) is 0 Å². The summed E-state index contributed by atoms with van der Waals surface area (Å²) in [5, 5.41) is 0. The van der Waals surface area contributed by atoms with Crippen molar-refractivity contribution in [2.24, 2.45) is 9.98 Å². The lowest BCUT2D eigenvalue weighted by Crippen LogP contribution is -2.08. The predicted molar refractivity (Wildman–Crippen MR) is 330 cm³/mol. The van der Waals surface area contributed by atoms with Crippen molar-refractivity contribution in [1.82, 2.24) is 0 Å². The van der Waals surface area contributed by atoms with E-state index in [0.29, 0.717) is 0 Å². The number of nitrogen functional groups attached to an aromatic ring is 1. The molecule has 0 unspecified atom stereocenters. The third kappa shape index (κ3) is 14.5. The molecule has 0 aliphatic heterocycles. The highest BCUT2D eigenvalue weighted by Gasteiger charge is 2.23. The van der Waals surface area contributed by atoms with Crippen LogP contribution in [0, 0.1) is 20.8 Å². The summed E-state index contributed by atoms with van der Waals surface area (Å²) < 4.78 is 0. The molecule has 2 N–H and O–H groups in total. The highest BCUT2D eigenvalue weighted by atomic mass is 16.2. The average Bonchev–Trinajstić information content (AvgIpc) is 3.49. The van der Waals surface area contributed by atoms with Gasteiger partial charge in [0.05, 0.1) is 11.4 Å². The molecule has 0 radical (unpaired) electrons. The van der Waals surface area contributed by atoms with Crippen LogP contribution in [-0.4, -0.2) is 25.0 Å². The second-order valence-electron chi connectivity index (χ2n) is 20.6. The monoisotopic (exact) mass is 1030 g/mol. The van der Waals surface area contributed by atoms with Crippen LogP contribution in [0.5, 0.6) is 0 Å². The lowest BCUT2D eigenvalue weighted by molar-refractivity contribution is -0.122. The fourth-order valence-corrected chi connectivity index (χ4v) is 10.6. The first-order valence-corrected chi connectivity index (χ1v) is 27.2. The van der Waals surface area contributed by atoms with Crippen molar-refractivity contribution in [2.75, 3.05) is 5.73 Å². The number of carbonyl (C=O) groups excluding carboxylic acids is 2. The second-order valence-corrected chi connectivity index (χ2v) is 20.6. The lowest BCUT2D eigenvalue weighted by atomic mass is 9.84. The van der Waals surface area contributed by atoms with E-state index in [1.807, 2.05) is 12.4 Å². The van der Waals surface area contributed by atoms with Crippen molar-refractivity contribution in [3.05, 3.63) is 302 Å². The van der Waals surface area contributed by atoms with Gasteiger partial charge in [-0.1, -0.05) is 277 Å². The summed E-state index contributed by atoms with van der Waals surface area (Å²) >= 11 is 0. The van der Waals surface area contributed by atoms with E-state index in [2.05, 4.69) is 281 Å². The Morgan fingerprint density at radius 2 is 0.487 bits per heavy atom. The minimum absolute atomic E-state index is 0.177. The number of nitrogens with zero attached hydrogens (tertiary/aromatic N) is 2. The van der Waals surface area contributed by atoms with Gasteiger partial charge in [-0.15, -0.1) is 0 Å². The van der Waals surface area contributed by atoms with E-state index in [1.165, 1.54) is 83.5 Å². The van der Waals surface area contributed by atoms with Crippen LogP contribution in [0.25, 0.3) is 0 Å². The number of hydrogen-bond acceptors (Lipinski definition) is 5. The third-order valence-corrected chi connectivity index (χ3v) is 15.1. The molecule has 0 saturated heterocycles. The maximum atomic E-state index is 8.81. The van der Waals surface area contributed by atoms with Crippen molar-refractivity contribution in [3.8, 4) is 0 Å². The molecule has 9 aromatic carbocycles. The molecular formula is C73H75N3O2. The first-order chi connectivity index (χ1) is 37.8. The van der Waals surface area contributed by atoms with E-state index in [1.54, 1.807) is 0 Å². The minimum atomic E-state index is 0.177. The van der Waals surface area contributed by atoms with Crippen LogP contribution in [0.3, 0.4) is 0 Å². The Labute approximate surface area is 464 Å². The summed E-state index contributed by atoms with van der Waals surface area (Å²) in [4.78, 5) is 28.1. The van der Waals surface area contributed by atoms with Gasteiger partial charge in [-0.25, -0.2) is 0 Å². The van der Waals surface area contributed by atoms with E-state index in [9.17, 15) is 0 Å². The molecule has 0 aliphatic rings. The highest BCUT2D eigenvalue weighted by molar-refractivity contribution is 6.17. The molecule has 0 bridgehead atoms. The molecule has 5 nitrogen and oxygen atoms in total. The van der Waals surface area contributed by atoms with E-state index in [4.69, 9.17) is 25.3 Å². The molecule has 394 valence electrons. The van der Waals surface area contributed by atoms with Crippen molar-refractivity contribution in [3.63, 3.8) is 0 Å². The Balaban J connectivity index is 0.000000261. The average molecular weight is 1030 g/mol. The molecule has 0 fully saturated rings. The van der Waals surface area contributed by atoms with Gasteiger partial charge in [-0.3, -0.25) is 19.6 Å². The highest BCUT2D eigenvalue weighted by Crippen LogP contribution is 2.43. The molecule has 9 rings (SSSR count). The Kier molecular flexibility index (Phi) is 20.5. The maximum Gasteiger partial charge on any atom is 0.182 e. The van der Waals surface area contributed by atoms with Gasteiger partial charge in [-0.05, 0) is 87.5 Å². The minimum Gasteiger partial charge on any atom is -0.398 e. The van der Waals surface area contributed by atoms with E-state index >= 15 is 0 Å². The first kappa shape index (κ1) is 57.2. The van der Waals surface area contributed by atoms with Crippen LogP contribution < -0.4 is 5.73 Å². The van der Waals surface area contributed by atoms with Crippen molar-refractivity contribution < 1.29 is 9.59 Å². The quantitative estimate of drug-likeness (QED) is 0.0453. The van der Waals surface area contributed by atoms with Crippen molar-refractivity contribution in [2.45, 2.75) is 97.8 Å². The summed E-state index contributed by atoms with van der Waals surface area (Å²) in [6.45, 7) is 20.2. The van der Waals surface area contributed by atoms with Gasteiger partial charge in [0.1, 0.15) is 0 Å². The maximum absolute atomic E-state index is 8.81. The van der Waals surface area contributed by atoms with Crippen LogP contribution in [0.1, 0.15) is 161 Å². The summed E-state index contributed by atoms with van der Waals surface area (Å²) in [6, 6.07) is 77.8. The summed E-state index contributed by atoms with van der Waals surface area (Å²) in [6.07, 6.45) is 4.20. The predicted octanol–water partition coefficient (Wildman–Crippen LogP) is 18.3. The van der Waals surface area contributed by atoms with Gasteiger partial charge in [0.25, 0.3) is 0 Å². The molecule has 78 heavy (non-hydrogen) atoms. The number of benzene rings is 9. The zero-order valence-electron chi connectivity index (χ0n) is 46.8. The molecule has 5 heteroatoms. The molecule has 0 heterocycles. The molecule has 0 aromatic heterocycles. The molecule has 6 atom stereocenters. The van der Waals surface area contributed by atoms with Crippen LogP contribution >= 0.6 is 0 Å². The van der Waals surface area contributed by atoms with Crippen LogP contribution in [0.15, 0.2) is 228 Å². The summed E-state index contributed by atoms with van der Waals surface area (Å²) in [7, 11) is 0. The molecule has 0 saturated carbocycles. The van der Waals surface area contributed by atoms with Gasteiger partial charge in [0.2, 0.25) is 0 Å². The van der Waals surface area contributed by atoms with Gasteiger partial charge < -0.3 is 5.73 Å². The van der Waals surface area contributed by atoms with Gasteiger partial charge in [-0.2, -0.15) is 0 Å². The molecular weight excluding hydrogens is 951 g/mol. The summed E-state index contributed by atoms with van der Waals surface area (Å²) in [5.41, 5.74) is 28.4. The topological polar surface area (TPSA) is 84.9 Å². The Morgan fingerprint density at radius 3 is 0.679 bits per heavy atom. The Bertz CT molecular complexity index is 3030. The first-order valence-electron chi connectivity index (χ1n) is 27.2. The van der Waals surface area contributed by atoms with Crippen molar-refractivity contribution >= 4 is 42.1 Å². The van der Waals surface area contributed by atoms with E-state index in [0.717, 1.165) is 17.1 Å². The van der Waals surface area contributed by atoms with E-state index in [-0.39, 0.29) is 48.1 Å². The van der Waals surface area contributed by atoms with Crippen LogP contribution in [0.2, 0.25) is 0 Å². The summed E-state index contributed by atoms with van der Waals surface area (Å²) in [5.74, 6) is 1.28. The number of aliphatic imine (C=N–C) groups is 2. The second kappa shape index (κ2) is 28.0.